The molecule has 176 valence electrons. The molecule has 5 rings (SSSR count). The third kappa shape index (κ3) is 4.07. The molecule has 0 saturated heterocycles. The Kier molecular flexibility index (Phi) is 5.64. The van der Waals surface area contributed by atoms with E-state index in [1.54, 1.807) is 55.5 Å². The Morgan fingerprint density at radius 3 is 2.46 bits per heavy atom. The van der Waals surface area contributed by atoms with Gasteiger partial charge in [0, 0.05) is 17.0 Å². The summed E-state index contributed by atoms with van der Waals surface area (Å²) in [4.78, 5) is 26.5. The van der Waals surface area contributed by atoms with Crippen molar-refractivity contribution in [1.82, 2.24) is 15.1 Å². The number of aromatic nitrogens is 2. The van der Waals surface area contributed by atoms with Gasteiger partial charge in [0.15, 0.2) is 0 Å². The van der Waals surface area contributed by atoms with Gasteiger partial charge >= 0.3 is 0 Å². The molecule has 2 heterocycles. The van der Waals surface area contributed by atoms with Crippen molar-refractivity contribution in [1.29, 1.82) is 0 Å². The van der Waals surface area contributed by atoms with Gasteiger partial charge in [-0.25, -0.2) is 13.5 Å². The van der Waals surface area contributed by atoms with E-state index in [1.807, 2.05) is 13.0 Å². The summed E-state index contributed by atoms with van der Waals surface area (Å²) in [7, 11) is 0. The van der Waals surface area contributed by atoms with E-state index in [0.717, 1.165) is 5.56 Å². The van der Waals surface area contributed by atoms with Crippen LogP contribution in [0.25, 0.3) is 5.69 Å². The maximum atomic E-state index is 14.6. The van der Waals surface area contributed by atoms with Gasteiger partial charge in [-0.05, 0) is 55.8 Å². The first kappa shape index (κ1) is 22.5. The molecule has 8 heteroatoms. The van der Waals surface area contributed by atoms with E-state index < -0.39 is 35.4 Å². The molecular formula is C27H22F2N4O2. The summed E-state index contributed by atoms with van der Waals surface area (Å²) in [5, 5.41) is 10.2. The highest BCUT2D eigenvalue weighted by molar-refractivity contribution is 6.04. The van der Waals surface area contributed by atoms with Crippen LogP contribution in [0.3, 0.4) is 0 Å². The van der Waals surface area contributed by atoms with Crippen molar-refractivity contribution >= 4 is 17.6 Å². The molecule has 1 aromatic heterocycles. The van der Waals surface area contributed by atoms with Gasteiger partial charge in [0.25, 0.3) is 5.91 Å². The molecule has 6 nitrogen and oxygen atoms in total. The van der Waals surface area contributed by atoms with Crippen LogP contribution in [0, 0.1) is 25.5 Å². The van der Waals surface area contributed by atoms with E-state index in [1.165, 1.54) is 22.9 Å². The largest absolute Gasteiger partial charge is 0.339 e. The zero-order valence-corrected chi connectivity index (χ0v) is 19.0. The van der Waals surface area contributed by atoms with Crippen LogP contribution in [0.2, 0.25) is 0 Å². The van der Waals surface area contributed by atoms with Gasteiger partial charge in [0.1, 0.15) is 29.2 Å². The number of carbonyl (C=O) groups excluding carboxylic acids is 2. The van der Waals surface area contributed by atoms with Gasteiger partial charge in [-0.3, -0.25) is 9.59 Å². The van der Waals surface area contributed by atoms with Gasteiger partial charge in [0.2, 0.25) is 5.91 Å². The Morgan fingerprint density at radius 2 is 1.74 bits per heavy atom. The Bertz CT molecular complexity index is 1450. The fraction of sp³-hybridized carbons (Fsp3) is 0.148. The minimum atomic E-state index is -1.00. The van der Waals surface area contributed by atoms with Crippen molar-refractivity contribution in [2.24, 2.45) is 0 Å². The Hall–Kier alpha value is -4.33. The lowest BCUT2D eigenvalue weighted by atomic mass is 9.82. The molecule has 3 aromatic carbocycles. The summed E-state index contributed by atoms with van der Waals surface area (Å²) in [5.74, 6) is -2.18. The predicted octanol–water partition coefficient (Wildman–Crippen LogP) is 4.65. The summed E-state index contributed by atoms with van der Waals surface area (Å²) in [6, 6.07) is 17.9. The monoisotopic (exact) mass is 472 g/mol. The van der Waals surface area contributed by atoms with Gasteiger partial charge < -0.3 is 10.6 Å². The topological polar surface area (TPSA) is 76.0 Å². The lowest BCUT2D eigenvalue weighted by molar-refractivity contribution is -0.118. The van der Waals surface area contributed by atoms with E-state index in [4.69, 9.17) is 0 Å². The van der Waals surface area contributed by atoms with Crippen molar-refractivity contribution in [3.8, 4) is 5.69 Å². The molecule has 1 aliphatic heterocycles. The number of rotatable bonds is 4. The number of amides is 2. The highest BCUT2D eigenvalue weighted by atomic mass is 19.1. The van der Waals surface area contributed by atoms with Crippen LogP contribution in [-0.2, 0) is 4.79 Å². The SMILES string of the molecule is Cc1cccc(C(=O)N[C@@H]2C(=O)Nc3c(c(C)nn3-c3ccccc3F)[C@@H]2c2ccc(F)cc2)c1. The summed E-state index contributed by atoms with van der Waals surface area (Å²) in [6.45, 7) is 3.63. The fourth-order valence-electron chi connectivity index (χ4n) is 4.53. The van der Waals surface area contributed by atoms with Crippen molar-refractivity contribution in [3.05, 3.63) is 112 Å². The summed E-state index contributed by atoms with van der Waals surface area (Å²) in [6.07, 6.45) is 0. The number of aryl methyl sites for hydroxylation is 2. The number of carbonyl (C=O) groups is 2. The maximum absolute atomic E-state index is 14.6. The lowest BCUT2D eigenvalue weighted by Crippen LogP contribution is -2.50. The van der Waals surface area contributed by atoms with Crippen LogP contribution < -0.4 is 10.6 Å². The molecule has 4 aromatic rings. The average Bonchev–Trinajstić information content (AvgIpc) is 3.16. The standard InChI is InChI=1S/C27H22F2N4O2/c1-15-6-5-7-18(14-15)26(34)30-24-23(17-10-12-19(28)13-11-17)22-16(2)32-33(25(22)31-27(24)35)21-9-4-3-8-20(21)29/h3-14,23-24H,1-2H3,(H,30,34)(H,31,35)/t23-,24-/m0/s1. The van der Waals surface area contributed by atoms with Crippen molar-refractivity contribution in [2.75, 3.05) is 5.32 Å². The average molecular weight is 472 g/mol. The molecule has 0 aliphatic carbocycles. The first-order valence-electron chi connectivity index (χ1n) is 11.1. The molecule has 0 bridgehead atoms. The van der Waals surface area contributed by atoms with E-state index >= 15 is 0 Å². The number of para-hydroxylation sites is 1. The number of hydrogen-bond acceptors (Lipinski definition) is 3. The first-order chi connectivity index (χ1) is 16.8. The molecule has 2 atom stereocenters. The number of fused-ring (bicyclic) bond motifs is 1. The number of anilines is 1. The van der Waals surface area contributed by atoms with Crippen molar-refractivity contribution < 1.29 is 18.4 Å². The molecule has 0 fully saturated rings. The van der Waals surface area contributed by atoms with Crippen LogP contribution in [0.1, 0.15) is 38.7 Å². The second kappa shape index (κ2) is 8.79. The van der Waals surface area contributed by atoms with Gasteiger partial charge in [-0.2, -0.15) is 5.10 Å². The third-order valence-corrected chi connectivity index (χ3v) is 6.15. The minimum absolute atomic E-state index is 0.178. The molecule has 0 saturated carbocycles. The maximum Gasteiger partial charge on any atom is 0.251 e. The fourth-order valence-corrected chi connectivity index (χ4v) is 4.53. The Balaban J connectivity index is 1.63. The van der Waals surface area contributed by atoms with Crippen molar-refractivity contribution in [3.63, 3.8) is 0 Å². The molecule has 0 spiro atoms. The summed E-state index contributed by atoms with van der Waals surface area (Å²) in [5.41, 5.74) is 3.29. The molecule has 35 heavy (non-hydrogen) atoms. The van der Waals surface area contributed by atoms with Gasteiger partial charge in [-0.15, -0.1) is 0 Å². The quantitative estimate of drug-likeness (QED) is 0.454. The lowest BCUT2D eigenvalue weighted by Gasteiger charge is -2.33. The molecule has 2 amide bonds. The van der Waals surface area contributed by atoms with E-state index in [-0.39, 0.29) is 5.69 Å². The number of benzene rings is 3. The highest BCUT2D eigenvalue weighted by Crippen LogP contribution is 2.41. The van der Waals surface area contributed by atoms with E-state index in [2.05, 4.69) is 15.7 Å². The van der Waals surface area contributed by atoms with Crippen LogP contribution >= 0.6 is 0 Å². The number of halogens is 2. The van der Waals surface area contributed by atoms with Gasteiger partial charge in [-0.1, -0.05) is 42.0 Å². The Morgan fingerprint density at radius 1 is 1.00 bits per heavy atom. The minimum Gasteiger partial charge on any atom is -0.339 e. The summed E-state index contributed by atoms with van der Waals surface area (Å²) < 4.78 is 29.7. The van der Waals surface area contributed by atoms with Crippen LogP contribution in [0.15, 0.2) is 72.8 Å². The Labute approximate surface area is 200 Å². The van der Waals surface area contributed by atoms with E-state index in [9.17, 15) is 18.4 Å². The second-order valence-corrected chi connectivity index (χ2v) is 8.55. The van der Waals surface area contributed by atoms with Crippen molar-refractivity contribution in [2.45, 2.75) is 25.8 Å². The zero-order chi connectivity index (χ0) is 24.7. The molecule has 0 unspecified atom stereocenters. The number of hydrogen-bond donors (Lipinski definition) is 2. The molecule has 2 N–H and O–H groups in total. The van der Waals surface area contributed by atoms with E-state index in [0.29, 0.717) is 28.2 Å². The van der Waals surface area contributed by atoms with Gasteiger partial charge in [0.05, 0.1) is 5.69 Å². The zero-order valence-electron chi connectivity index (χ0n) is 19.0. The van der Waals surface area contributed by atoms with Crippen LogP contribution in [-0.4, -0.2) is 27.6 Å². The smallest absolute Gasteiger partial charge is 0.251 e. The predicted molar refractivity (Wildman–Crippen MR) is 128 cm³/mol. The number of nitrogens with one attached hydrogen (secondary N) is 2. The highest BCUT2D eigenvalue weighted by Gasteiger charge is 2.42. The third-order valence-electron chi connectivity index (χ3n) is 6.15. The van der Waals surface area contributed by atoms with Crippen LogP contribution in [0.4, 0.5) is 14.6 Å². The summed E-state index contributed by atoms with van der Waals surface area (Å²) >= 11 is 0. The van der Waals surface area contributed by atoms with Crippen LogP contribution in [0.5, 0.6) is 0 Å². The first-order valence-corrected chi connectivity index (χ1v) is 11.1. The number of nitrogens with zero attached hydrogens (tertiary/aromatic N) is 2. The normalized spacial score (nSPS) is 17.0. The molecule has 0 radical (unpaired) electrons. The molecule has 1 aliphatic rings. The molecular weight excluding hydrogens is 450 g/mol. The second-order valence-electron chi connectivity index (χ2n) is 8.55.